The molecule has 2 rings (SSSR count). The van der Waals surface area contributed by atoms with Crippen molar-refractivity contribution in [1.29, 1.82) is 0 Å². The van der Waals surface area contributed by atoms with E-state index in [4.69, 9.17) is 9.47 Å². The molecule has 0 amide bonds. The number of hydrogen-bond donors (Lipinski definition) is 1. The Morgan fingerprint density at radius 1 is 1.47 bits per heavy atom. The van der Waals surface area contributed by atoms with Gasteiger partial charge in [0.15, 0.2) is 6.79 Å². The van der Waals surface area contributed by atoms with Crippen LogP contribution in [0.3, 0.4) is 0 Å². The third-order valence-corrected chi connectivity index (χ3v) is 2.70. The van der Waals surface area contributed by atoms with Gasteiger partial charge in [-0.15, -0.1) is 0 Å². The van der Waals surface area contributed by atoms with Crippen LogP contribution in [0.2, 0.25) is 0 Å². The van der Waals surface area contributed by atoms with Crippen molar-refractivity contribution < 1.29 is 14.6 Å². The highest BCUT2D eigenvalue weighted by molar-refractivity contribution is 5.44. The highest BCUT2D eigenvalue weighted by atomic mass is 16.7. The van der Waals surface area contributed by atoms with E-state index in [0.717, 1.165) is 29.7 Å². The Morgan fingerprint density at radius 2 is 2.33 bits per heavy atom. The quantitative estimate of drug-likeness (QED) is 0.608. The lowest BCUT2D eigenvalue weighted by Gasteiger charge is -2.10. The maximum Gasteiger partial charge on any atom is 0.189 e. The van der Waals surface area contributed by atoms with Crippen LogP contribution in [0.4, 0.5) is 0 Å². The summed E-state index contributed by atoms with van der Waals surface area (Å²) in [6, 6.07) is 5.80. The van der Waals surface area contributed by atoms with Crippen molar-refractivity contribution in [3.8, 4) is 5.75 Å². The van der Waals surface area contributed by atoms with Crippen molar-refractivity contribution in [3.05, 3.63) is 29.3 Å². The zero-order chi connectivity index (χ0) is 10.7. The van der Waals surface area contributed by atoms with E-state index in [9.17, 15) is 5.11 Å². The first-order valence-corrected chi connectivity index (χ1v) is 5.33. The SMILES string of the molecule is CCOCOc1cccc2c1CCC2O. The van der Waals surface area contributed by atoms with E-state index in [1.165, 1.54) is 0 Å². The molecule has 0 saturated heterocycles. The van der Waals surface area contributed by atoms with Gasteiger partial charge in [0.05, 0.1) is 6.10 Å². The van der Waals surface area contributed by atoms with Gasteiger partial charge in [0.2, 0.25) is 0 Å². The van der Waals surface area contributed by atoms with Crippen LogP contribution in [-0.4, -0.2) is 18.5 Å². The van der Waals surface area contributed by atoms with Crippen molar-refractivity contribution in [2.45, 2.75) is 25.9 Å². The van der Waals surface area contributed by atoms with Crippen molar-refractivity contribution >= 4 is 0 Å². The van der Waals surface area contributed by atoms with Crippen LogP contribution in [0.5, 0.6) is 5.75 Å². The maximum absolute atomic E-state index is 9.69. The molecule has 1 aromatic carbocycles. The Labute approximate surface area is 89.6 Å². The molecule has 0 fully saturated rings. The fourth-order valence-corrected chi connectivity index (χ4v) is 1.92. The summed E-state index contributed by atoms with van der Waals surface area (Å²) < 4.78 is 10.6. The summed E-state index contributed by atoms with van der Waals surface area (Å²) in [7, 11) is 0. The second-order valence-corrected chi connectivity index (χ2v) is 3.63. The number of hydrogen-bond acceptors (Lipinski definition) is 3. The summed E-state index contributed by atoms with van der Waals surface area (Å²) in [6.07, 6.45) is 1.36. The molecular weight excluding hydrogens is 192 g/mol. The topological polar surface area (TPSA) is 38.7 Å². The number of rotatable bonds is 4. The molecule has 0 radical (unpaired) electrons. The van der Waals surface area contributed by atoms with Crippen LogP contribution >= 0.6 is 0 Å². The normalized spacial score (nSPS) is 18.9. The molecule has 0 spiro atoms. The van der Waals surface area contributed by atoms with Gasteiger partial charge >= 0.3 is 0 Å². The summed E-state index contributed by atoms with van der Waals surface area (Å²) in [5.74, 6) is 0.845. The first kappa shape index (κ1) is 10.5. The van der Waals surface area contributed by atoms with Crippen LogP contribution in [0.1, 0.15) is 30.6 Å². The van der Waals surface area contributed by atoms with Gasteiger partial charge in [0, 0.05) is 12.2 Å². The average molecular weight is 208 g/mol. The lowest BCUT2D eigenvalue weighted by Crippen LogP contribution is -2.04. The number of aliphatic hydroxyl groups is 1. The third kappa shape index (κ3) is 2.13. The minimum atomic E-state index is -0.323. The molecule has 1 N–H and O–H groups in total. The predicted octanol–water partition coefficient (Wildman–Crippen LogP) is 2.04. The average Bonchev–Trinajstić information content (AvgIpc) is 2.62. The Kier molecular flexibility index (Phi) is 3.23. The fourth-order valence-electron chi connectivity index (χ4n) is 1.92. The molecule has 1 unspecified atom stereocenters. The zero-order valence-corrected chi connectivity index (χ0v) is 8.90. The van der Waals surface area contributed by atoms with Gasteiger partial charge in [-0.05, 0) is 31.4 Å². The highest BCUT2D eigenvalue weighted by Crippen LogP contribution is 2.36. The smallest absolute Gasteiger partial charge is 0.189 e. The Morgan fingerprint density at radius 3 is 3.13 bits per heavy atom. The number of ether oxygens (including phenoxy) is 2. The van der Waals surface area contributed by atoms with Crippen LogP contribution < -0.4 is 4.74 Å². The van der Waals surface area contributed by atoms with Gasteiger partial charge in [-0.1, -0.05) is 12.1 Å². The maximum atomic E-state index is 9.69. The van der Waals surface area contributed by atoms with E-state index in [0.29, 0.717) is 6.61 Å². The Hall–Kier alpha value is -1.06. The van der Waals surface area contributed by atoms with E-state index in [-0.39, 0.29) is 12.9 Å². The first-order chi connectivity index (χ1) is 7.33. The van der Waals surface area contributed by atoms with Gasteiger partial charge in [-0.2, -0.15) is 0 Å². The van der Waals surface area contributed by atoms with Crippen LogP contribution in [0.25, 0.3) is 0 Å². The van der Waals surface area contributed by atoms with Gasteiger partial charge < -0.3 is 14.6 Å². The zero-order valence-electron chi connectivity index (χ0n) is 8.90. The molecule has 3 heteroatoms. The summed E-state index contributed by atoms with van der Waals surface area (Å²) in [6.45, 7) is 2.86. The molecule has 1 atom stereocenters. The first-order valence-electron chi connectivity index (χ1n) is 5.33. The number of aliphatic hydroxyl groups excluding tert-OH is 1. The van der Waals surface area contributed by atoms with Gasteiger partial charge in [0.25, 0.3) is 0 Å². The van der Waals surface area contributed by atoms with Gasteiger partial charge in [-0.25, -0.2) is 0 Å². The van der Waals surface area contributed by atoms with Gasteiger partial charge in [-0.3, -0.25) is 0 Å². The summed E-state index contributed by atoms with van der Waals surface area (Å²) in [5, 5.41) is 9.69. The predicted molar refractivity (Wildman–Crippen MR) is 56.8 cm³/mol. The van der Waals surface area contributed by atoms with E-state index < -0.39 is 0 Å². The molecule has 0 bridgehead atoms. The molecule has 0 heterocycles. The molecular formula is C12H16O3. The van der Waals surface area contributed by atoms with Crippen molar-refractivity contribution in [2.24, 2.45) is 0 Å². The van der Waals surface area contributed by atoms with Crippen molar-refractivity contribution in [3.63, 3.8) is 0 Å². The standard InChI is InChI=1S/C12H16O3/c1-2-14-8-15-12-5-3-4-9-10(12)6-7-11(9)13/h3-5,11,13H,2,6-8H2,1H3. The molecule has 3 nitrogen and oxygen atoms in total. The van der Waals surface area contributed by atoms with Crippen LogP contribution in [-0.2, 0) is 11.2 Å². The molecule has 1 aliphatic rings. The molecule has 1 aromatic rings. The number of fused-ring (bicyclic) bond motifs is 1. The Bertz CT molecular complexity index is 336. The van der Waals surface area contributed by atoms with Crippen LogP contribution in [0.15, 0.2) is 18.2 Å². The Balaban J connectivity index is 2.12. The minimum Gasteiger partial charge on any atom is -0.467 e. The molecule has 0 saturated carbocycles. The lowest BCUT2D eigenvalue weighted by molar-refractivity contribution is 0.0219. The van der Waals surface area contributed by atoms with E-state index in [1.54, 1.807) is 0 Å². The van der Waals surface area contributed by atoms with Crippen molar-refractivity contribution in [1.82, 2.24) is 0 Å². The lowest BCUT2D eigenvalue weighted by atomic mass is 10.1. The highest BCUT2D eigenvalue weighted by Gasteiger charge is 2.22. The number of benzene rings is 1. The molecule has 0 aromatic heterocycles. The van der Waals surface area contributed by atoms with Gasteiger partial charge in [0.1, 0.15) is 5.75 Å². The molecule has 1 aliphatic carbocycles. The molecule has 82 valence electrons. The summed E-state index contributed by atoms with van der Waals surface area (Å²) >= 11 is 0. The second-order valence-electron chi connectivity index (χ2n) is 3.63. The monoisotopic (exact) mass is 208 g/mol. The van der Waals surface area contributed by atoms with Crippen LogP contribution in [0, 0.1) is 0 Å². The van der Waals surface area contributed by atoms with E-state index in [2.05, 4.69) is 0 Å². The third-order valence-electron chi connectivity index (χ3n) is 2.70. The molecule has 15 heavy (non-hydrogen) atoms. The van der Waals surface area contributed by atoms with Crippen molar-refractivity contribution in [2.75, 3.05) is 13.4 Å². The molecule has 0 aliphatic heterocycles. The second kappa shape index (κ2) is 4.64. The summed E-state index contributed by atoms with van der Waals surface area (Å²) in [5.41, 5.74) is 2.13. The fraction of sp³-hybridized carbons (Fsp3) is 0.500. The minimum absolute atomic E-state index is 0.281. The van der Waals surface area contributed by atoms with E-state index >= 15 is 0 Å². The van der Waals surface area contributed by atoms with E-state index in [1.807, 2.05) is 25.1 Å². The largest absolute Gasteiger partial charge is 0.467 e. The summed E-state index contributed by atoms with van der Waals surface area (Å²) in [4.78, 5) is 0.